The highest BCUT2D eigenvalue weighted by atomic mass is 28.3. The van der Waals surface area contributed by atoms with Gasteiger partial charge in [-0.1, -0.05) is 91.8 Å². The minimum Gasteiger partial charge on any atom is -0.468 e. The molecule has 37 heavy (non-hydrogen) atoms. The van der Waals surface area contributed by atoms with Gasteiger partial charge < -0.3 is 14.2 Å². The van der Waals surface area contributed by atoms with E-state index in [4.69, 9.17) is 14.2 Å². The third-order valence-corrected chi connectivity index (χ3v) is 15.1. The Bertz CT molecular complexity index is 1150. The zero-order valence-electron chi connectivity index (χ0n) is 22.5. The Labute approximate surface area is 221 Å². The van der Waals surface area contributed by atoms with Crippen LogP contribution in [0, 0.1) is 5.41 Å². The number of esters is 1. The Kier molecular flexibility index (Phi) is 6.80. The summed E-state index contributed by atoms with van der Waals surface area (Å²) >= 11 is 0. The van der Waals surface area contributed by atoms with Crippen LogP contribution in [0.2, 0.25) is 11.1 Å². The minimum atomic E-state index is -2.57. The zero-order valence-corrected chi connectivity index (χ0v) is 23.5. The van der Waals surface area contributed by atoms with E-state index in [0.29, 0.717) is 51.4 Å². The van der Waals surface area contributed by atoms with Crippen molar-refractivity contribution in [2.24, 2.45) is 5.41 Å². The van der Waals surface area contributed by atoms with E-state index in [1.165, 1.54) is 17.5 Å². The molecule has 1 saturated heterocycles. The molecule has 5 rings (SSSR count). The molecule has 0 bridgehead atoms. The van der Waals surface area contributed by atoms with Crippen molar-refractivity contribution in [2.45, 2.75) is 69.7 Å². The van der Waals surface area contributed by atoms with Gasteiger partial charge in [-0.15, -0.1) is 0 Å². The molecule has 1 saturated carbocycles. The highest BCUT2D eigenvalue weighted by Crippen LogP contribution is 2.56. The van der Waals surface area contributed by atoms with Crippen molar-refractivity contribution in [2.75, 3.05) is 20.3 Å². The lowest BCUT2D eigenvalue weighted by Crippen LogP contribution is -2.65. The first-order chi connectivity index (χ1) is 17.7. The number of ether oxygens (including phenoxy) is 3. The number of hydrogen-bond donors (Lipinski definition) is 0. The highest BCUT2D eigenvalue weighted by Gasteiger charge is 2.59. The number of carbonyl (C=O) groups is 2. The second-order valence-electron chi connectivity index (χ2n) is 11.8. The predicted octanol–water partition coefficient (Wildman–Crippen LogP) is 4.80. The van der Waals surface area contributed by atoms with Gasteiger partial charge in [0.15, 0.2) is 11.6 Å². The van der Waals surface area contributed by atoms with E-state index in [1.54, 1.807) is 0 Å². The predicted molar refractivity (Wildman–Crippen MR) is 147 cm³/mol. The highest BCUT2D eigenvalue weighted by molar-refractivity contribution is 7.04. The summed E-state index contributed by atoms with van der Waals surface area (Å²) in [6.45, 7) is 7.98. The molecule has 2 aromatic rings. The Hall–Kier alpha value is -2.54. The third kappa shape index (κ3) is 4.23. The monoisotopic (exact) mass is 518 g/mol. The molecular formula is C31H38O5Si. The molecule has 1 atom stereocenters. The molecule has 3 aliphatic rings. The van der Waals surface area contributed by atoms with Crippen LogP contribution in [0.5, 0.6) is 0 Å². The molecule has 1 unspecified atom stereocenters. The molecule has 2 aliphatic carbocycles. The maximum absolute atomic E-state index is 13.8. The van der Waals surface area contributed by atoms with Gasteiger partial charge in [0.05, 0.1) is 25.7 Å². The van der Waals surface area contributed by atoms with Gasteiger partial charge in [0.25, 0.3) is 0 Å². The Balaban J connectivity index is 1.73. The van der Waals surface area contributed by atoms with E-state index < -0.39 is 19.3 Å². The zero-order chi connectivity index (χ0) is 26.3. The van der Waals surface area contributed by atoms with Crippen molar-refractivity contribution in [3.05, 3.63) is 71.8 Å². The standard InChI is InChI=1S/C31H38O5Si/c1-29(2,3)37(23-11-7-5-8-12-23,24-13-9-6-10-14-24)21-25-26-15-18-31(35-19-20-36-31)22-30(26,28(33)34-4)17-16-27(25)32/h5-14H,15-22H2,1-4H3. The molecule has 5 nitrogen and oxygen atoms in total. The van der Waals surface area contributed by atoms with Crippen LogP contribution in [0.25, 0.3) is 0 Å². The smallest absolute Gasteiger partial charge is 0.316 e. The maximum Gasteiger partial charge on any atom is 0.316 e. The van der Waals surface area contributed by atoms with Crippen molar-refractivity contribution in [3.63, 3.8) is 0 Å². The molecule has 0 radical (unpaired) electrons. The second-order valence-corrected chi connectivity index (χ2v) is 16.6. The van der Waals surface area contributed by atoms with Gasteiger partial charge in [-0.3, -0.25) is 9.59 Å². The fourth-order valence-corrected chi connectivity index (χ4v) is 12.7. The molecule has 2 aromatic carbocycles. The molecule has 0 aromatic heterocycles. The normalized spacial score (nSPS) is 23.7. The van der Waals surface area contributed by atoms with Crippen LogP contribution >= 0.6 is 0 Å². The summed E-state index contributed by atoms with van der Waals surface area (Å²) in [7, 11) is -1.12. The summed E-state index contributed by atoms with van der Waals surface area (Å²) in [5, 5.41) is 2.51. The van der Waals surface area contributed by atoms with Crippen LogP contribution in [-0.4, -0.2) is 45.9 Å². The first-order valence-corrected chi connectivity index (χ1v) is 15.6. The number of allylic oxidation sites excluding steroid dienone is 1. The number of methoxy groups -OCH3 is 1. The lowest BCUT2D eigenvalue weighted by Gasteiger charge is -2.50. The molecule has 0 amide bonds. The van der Waals surface area contributed by atoms with Gasteiger partial charge in [0.1, 0.15) is 8.07 Å². The lowest BCUT2D eigenvalue weighted by molar-refractivity contribution is -0.202. The average Bonchev–Trinajstić information content (AvgIpc) is 3.35. The number of ketones is 1. The summed E-state index contributed by atoms with van der Waals surface area (Å²) in [5.74, 6) is -0.861. The van der Waals surface area contributed by atoms with Crippen molar-refractivity contribution < 1.29 is 23.8 Å². The average molecular weight is 519 g/mol. The number of fused-ring (bicyclic) bond motifs is 1. The summed E-state index contributed by atoms with van der Waals surface area (Å²) in [6, 6.07) is 22.1. The number of Topliss-reactive ketones (excluding diaryl/α,β-unsaturated/α-hetero) is 1. The van der Waals surface area contributed by atoms with E-state index in [2.05, 4.69) is 81.4 Å². The summed E-state index contributed by atoms with van der Waals surface area (Å²) in [5.41, 5.74) is 0.929. The van der Waals surface area contributed by atoms with Crippen LogP contribution < -0.4 is 10.4 Å². The van der Waals surface area contributed by atoms with Crippen LogP contribution in [0.4, 0.5) is 0 Å². The lowest BCUT2D eigenvalue weighted by atomic mass is 9.61. The van der Waals surface area contributed by atoms with E-state index in [0.717, 1.165) is 11.1 Å². The van der Waals surface area contributed by atoms with Gasteiger partial charge in [0, 0.05) is 19.3 Å². The fraction of sp³-hybridized carbons (Fsp3) is 0.484. The van der Waals surface area contributed by atoms with Crippen molar-refractivity contribution >= 4 is 30.2 Å². The Morgan fingerprint density at radius 3 is 2.00 bits per heavy atom. The van der Waals surface area contributed by atoms with Crippen LogP contribution in [0.1, 0.15) is 52.9 Å². The van der Waals surface area contributed by atoms with Crippen LogP contribution in [0.15, 0.2) is 71.8 Å². The molecule has 1 spiro atoms. The van der Waals surface area contributed by atoms with Gasteiger partial charge in [-0.05, 0) is 35.1 Å². The maximum atomic E-state index is 13.8. The Morgan fingerprint density at radius 1 is 0.919 bits per heavy atom. The minimum absolute atomic E-state index is 0.0948. The SMILES string of the molecule is COC(=O)C12CCC(=O)C(C[Si](c3ccccc3)(c3ccccc3)C(C)(C)C)=C1CCC1(C2)OCCO1. The van der Waals surface area contributed by atoms with Crippen molar-refractivity contribution in [3.8, 4) is 0 Å². The van der Waals surface area contributed by atoms with Gasteiger partial charge in [0.2, 0.25) is 0 Å². The second kappa shape index (κ2) is 9.64. The third-order valence-electron chi connectivity index (χ3n) is 9.03. The molecular weight excluding hydrogens is 480 g/mol. The number of benzene rings is 2. The quantitative estimate of drug-likeness (QED) is 0.421. The molecule has 1 heterocycles. The largest absolute Gasteiger partial charge is 0.468 e. The molecule has 196 valence electrons. The first-order valence-electron chi connectivity index (χ1n) is 13.4. The topological polar surface area (TPSA) is 61.8 Å². The van der Waals surface area contributed by atoms with E-state index in [1.807, 2.05) is 0 Å². The number of carbonyl (C=O) groups excluding carboxylic acids is 2. The van der Waals surface area contributed by atoms with Gasteiger partial charge >= 0.3 is 5.97 Å². The van der Waals surface area contributed by atoms with Crippen molar-refractivity contribution in [1.82, 2.24) is 0 Å². The fourth-order valence-electron chi connectivity index (χ4n) is 7.19. The first kappa shape index (κ1) is 26.1. The molecule has 1 aliphatic heterocycles. The van der Waals surface area contributed by atoms with Crippen LogP contribution in [0.3, 0.4) is 0 Å². The molecule has 2 fully saturated rings. The number of hydrogen-bond acceptors (Lipinski definition) is 5. The summed E-state index contributed by atoms with van der Waals surface area (Å²) in [4.78, 5) is 27.4. The van der Waals surface area contributed by atoms with E-state index in [9.17, 15) is 9.59 Å². The van der Waals surface area contributed by atoms with Gasteiger partial charge in [-0.25, -0.2) is 0 Å². The summed E-state index contributed by atoms with van der Waals surface area (Å²) < 4.78 is 17.6. The van der Waals surface area contributed by atoms with Crippen LogP contribution in [-0.2, 0) is 23.8 Å². The molecule has 6 heteroatoms. The Morgan fingerprint density at radius 2 is 1.49 bits per heavy atom. The van der Waals surface area contributed by atoms with Gasteiger partial charge in [-0.2, -0.15) is 0 Å². The van der Waals surface area contributed by atoms with Crippen molar-refractivity contribution in [1.29, 1.82) is 0 Å². The summed E-state index contributed by atoms with van der Waals surface area (Å²) in [6.07, 6.45) is 2.46. The van der Waals surface area contributed by atoms with E-state index in [-0.39, 0.29) is 16.8 Å². The van der Waals surface area contributed by atoms with E-state index >= 15 is 0 Å². The number of rotatable bonds is 5. The molecule has 0 N–H and O–H groups in total.